The number of hydrogen-bond donors (Lipinski definition) is 0. The summed E-state index contributed by atoms with van der Waals surface area (Å²) in [7, 11) is 0. The van der Waals surface area contributed by atoms with Crippen LogP contribution in [0.5, 0.6) is 0 Å². The van der Waals surface area contributed by atoms with Crippen LogP contribution in [0, 0.1) is 0 Å². The van der Waals surface area contributed by atoms with E-state index < -0.39 is 0 Å². The lowest BCUT2D eigenvalue weighted by atomic mass is 9.74. The van der Waals surface area contributed by atoms with Gasteiger partial charge in [-0.3, -0.25) is 0 Å². The second-order valence-corrected chi connectivity index (χ2v) is 15.1. The van der Waals surface area contributed by atoms with Gasteiger partial charge in [0, 0.05) is 39.3 Å². The van der Waals surface area contributed by atoms with Crippen LogP contribution < -0.4 is 4.90 Å². The molecule has 56 heavy (non-hydrogen) atoms. The van der Waals surface area contributed by atoms with Crippen molar-refractivity contribution in [2.75, 3.05) is 4.90 Å². The highest BCUT2D eigenvalue weighted by atomic mass is 16.3. The number of fused-ring (bicyclic) bond motifs is 7. The Labute approximate surface area is 326 Å². The second kappa shape index (κ2) is 12.7. The van der Waals surface area contributed by atoms with E-state index in [9.17, 15) is 0 Å². The van der Waals surface area contributed by atoms with Crippen LogP contribution in [-0.2, 0) is 5.41 Å². The first-order valence-corrected chi connectivity index (χ1v) is 19.3. The summed E-state index contributed by atoms with van der Waals surface area (Å²) in [5, 5.41) is 4.73. The number of benzene rings is 9. The quantitative estimate of drug-likeness (QED) is 0.170. The van der Waals surface area contributed by atoms with Crippen LogP contribution in [-0.4, -0.2) is 0 Å². The zero-order valence-electron chi connectivity index (χ0n) is 31.0. The van der Waals surface area contributed by atoms with E-state index in [1.165, 1.54) is 60.8 Å². The Balaban J connectivity index is 1.01. The first-order valence-electron chi connectivity index (χ1n) is 19.3. The Morgan fingerprint density at radius 2 is 0.929 bits per heavy atom. The highest BCUT2D eigenvalue weighted by Crippen LogP contribution is 2.53. The molecule has 2 heteroatoms. The second-order valence-electron chi connectivity index (χ2n) is 15.1. The van der Waals surface area contributed by atoms with Crippen LogP contribution in [0.2, 0.25) is 0 Å². The summed E-state index contributed by atoms with van der Waals surface area (Å²) in [5.74, 6) is 0. The smallest absolute Gasteiger partial charge is 0.137 e. The molecular formula is C54H37NO. The zero-order chi connectivity index (χ0) is 37.2. The number of anilines is 3. The summed E-state index contributed by atoms with van der Waals surface area (Å²) < 4.78 is 6.67. The van der Waals surface area contributed by atoms with Gasteiger partial charge < -0.3 is 9.32 Å². The van der Waals surface area contributed by atoms with Gasteiger partial charge in [0.15, 0.2) is 0 Å². The molecule has 0 unspecified atom stereocenters. The lowest BCUT2D eigenvalue weighted by Gasteiger charge is -2.28. The first-order chi connectivity index (χ1) is 27.6. The molecule has 0 spiro atoms. The van der Waals surface area contributed by atoms with Gasteiger partial charge in [0.25, 0.3) is 0 Å². The fraction of sp³-hybridized carbons (Fsp3) is 0.0370. The van der Waals surface area contributed by atoms with E-state index in [1.807, 2.05) is 0 Å². The number of hydrogen-bond acceptors (Lipinski definition) is 2. The predicted molar refractivity (Wildman–Crippen MR) is 234 cm³/mol. The molecule has 1 aliphatic rings. The summed E-state index contributed by atoms with van der Waals surface area (Å²) in [6.45, 7) is 2.37. The average molecular weight is 716 g/mol. The SMILES string of the molecule is CC1(c2ccc3oc4cc(N(c5ccc(-c6ccccc6)cc5)c5ccc(-c6ccc7ccccc7c6)cc5)ccc4c3c2)c2ccccc2-c2ccccc21. The van der Waals surface area contributed by atoms with Crippen LogP contribution in [0.3, 0.4) is 0 Å². The fourth-order valence-corrected chi connectivity index (χ4v) is 9.03. The van der Waals surface area contributed by atoms with Crippen molar-refractivity contribution in [3.8, 4) is 33.4 Å². The Hall–Kier alpha value is -7.16. The van der Waals surface area contributed by atoms with Gasteiger partial charge in [-0.05, 0) is 122 Å². The molecule has 9 aromatic carbocycles. The van der Waals surface area contributed by atoms with Crippen LogP contribution in [0.4, 0.5) is 17.1 Å². The minimum atomic E-state index is -0.271. The molecule has 11 rings (SSSR count). The molecule has 2 nitrogen and oxygen atoms in total. The van der Waals surface area contributed by atoms with Gasteiger partial charge in [0.1, 0.15) is 11.2 Å². The van der Waals surface area contributed by atoms with E-state index in [0.717, 1.165) is 39.0 Å². The van der Waals surface area contributed by atoms with Gasteiger partial charge in [0.05, 0.1) is 0 Å². The molecule has 0 saturated carbocycles. The Kier molecular flexibility index (Phi) is 7.33. The molecule has 0 radical (unpaired) electrons. The number of furan rings is 1. The molecule has 1 aliphatic carbocycles. The third-order valence-electron chi connectivity index (χ3n) is 12.0. The van der Waals surface area contributed by atoms with Gasteiger partial charge in [-0.1, -0.05) is 146 Å². The maximum absolute atomic E-state index is 6.67. The van der Waals surface area contributed by atoms with E-state index in [0.29, 0.717) is 0 Å². The van der Waals surface area contributed by atoms with Crippen molar-refractivity contribution in [3.05, 3.63) is 223 Å². The van der Waals surface area contributed by atoms with Crippen LogP contribution >= 0.6 is 0 Å². The molecule has 264 valence electrons. The maximum atomic E-state index is 6.67. The molecule has 0 bridgehead atoms. The lowest BCUT2D eigenvalue weighted by molar-refractivity contribution is 0.667. The van der Waals surface area contributed by atoms with E-state index in [1.54, 1.807) is 0 Å². The van der Waals surface area contributed by atoms with Crippen LogP contribution in [0.1, 0.15) is 23.6 Å². The van der Waals surface area contributed by atoms with Gasteiger partial charge >= 0.3 is 0 Å². The van der Waals surface area contributed by atoms with Gasteiger partial charge in [-0.15, -0.1) is 0 Å². The van der Waals surface area contributed by atoms with Crippen molar-refractivity contribution in [2.24, 2.45) is 0 Å². The van der Waals surface area contributed by atoms with E-state index in [2.05, 4.69) is 218 Å². The molecule has 0 aliphatic heterocycles. The van der Waals surface area contributed by atoms with Crippen molar-refractivity contribution in [1.29, 1.82) is 0 Å². The van der Waals surface area contributed by atoms with E-state index in [-0.39, 0.29) is 5.41 Å². The summed E-state index contributed by atoms with van der Waals surface area (Å²) >= 11 is 0. The van der Waals surface area contributed by atoms with Crippen molar-refractivity contribution in [3.63, 3.8) is 0 Å². The Morgan fingerprint density at radius 1 is 0.375 bits per heavy atom. The van der Waals surface area contributed by atoms with Crippen molar-refractivity contribution < 1.29 is 4.42 Å². The third-order valence-corrected chi connectivity index (χ3v) is 12.0. The molecule has 0 amide bonds. The van der Waals surface area contributed by atoms with E-state index >= 15 is 0 Å². The molecule has 1 aromatic heterocycles. The first kappa shape index (κ1) is 32.3. The highest BCUT2D eigenvalue weighted by molar-refractivity contribution is 6.07. The molecule has 0 atom stereocenters. The Morgan fingerprint density at radius 3 is 1.62 bits per heavy atom. The third kappa shape index (κ3) is 5.11. The molecule has 0 saturated heterocycles. The summed E-state index contributed by atoms with van der Waals surface area (Å²) in [5.41, 5.74) is 16.0. The average Bonchev–Trinajstić information content (AvgIpc) is 3.76. The minimum Gasteiger partial charge on any atom is -0.456 e. The maximum Gasteiger partial charge on any atom is 0.137 e. The van der Waals surface area contributed by atoms with Crippen LogP contribution in [0.25, 0.3) is 66.1 Å². The van der Waals surface area contributed by atoms with E-state index in [4.69, 9.17) is 4.42 Å². The molecule has 1 heterocycles. The Bertz CT molecular complexity index is 3040. The summed E-state index contributed by atoms with van der Waals surface area (Å²) in [6.07, 6.45) is 0. The normalized spacial score (nSPS) is 12.9. The standard InChI is InChI=1S/C54H37NO/c1-54(50-17-9-7-15-46(50)47-16-8-10-18-51(47)54)42-25-32-52-49(34-42)48-31-30-45(35-53(48)56-52)55(43-26-21-38(22-27-43)36-11-3-2-4-12-36)44-28-23-39(24-29-44)41-20-19-37-13-5-6-14-40(37)33-41/h2-35H,1H3. The monoisotopic (exact) mass is 715 g/mol. The predicted octanol–water partition coefficient (Wildman–Crippen LogP) is 14.9. The molecule has 0 fully saturated rings. The van der Waals surface area contributed by atoms with Crippen LogP contribution in [0.15, 0.2) is 211 Å². The fourth-order valence-electron chi connectivity index (χ4n) is 9.03. The summed E-state index contributed by atoms with van der Waals surface area (Å²) in [4.78, 5) is 2.32. The topological polar surface area (TPSA) is 16.4 Å². The van der Waals surface area contributed by atoms with Crippen molar-refractivity contribution in [2.45, 2.75) is 12.3 Å². The number of rotatable bonds is 6. The molecule has 10 aromatic rings. The number of nitrogens with zero attached hydrogens (tertiary/aromatic N) is 1. The van der Waals surface area contributed by atoms with Gasteiger partial charge in [-0.2, -0.15) is 0 Å². The largest absolute Gasteiger partial charge is 0.456 e. The van der Waals surface area contributed by atoms with Crippen molar-refractivity contribution in [1.82, 2.24) is 0 Å². The zero-order valence-corrected chi connectivity index (χ0v) is 31.0. The summed E-state index contributed by atoms with van der Waals surface area (Å²) in [6, 6.07) is 74.6. The van der Waals surface area contributed by atoms with Gasteiger partial charge in [-0.25, -0.2) is 0 Å². The van der Waals surface area contributed by atoms with Gasteiger partial charge in [0.2, 0.25) is 0 Å². The van der Waals surface area contributed by atoms with Crippen molar-refractivity contribution >= 4 is 49.8 Å². The minimum absolute atomic E-state index is 0.271. The lowest BCUT2D eigenvalue weighted by Crippen LogP contribution is -2.22. The highest BCUT2D eigenvalue weighted by Gasteiger charge is 2.40. The molecular weight excluding hydrogens is 679 g/mol. The molecule has 0 N–H and O–H groups in total.